The number of nitrogen functional groups attached to an aromatic ring is 1. The van der Waals surface area contributed by atoms with Crippen LogP contribution >= 0.6 is 0 Å². The quantitative estimate of drug-likeness (QED) is 0.470. The van der Waals surface area contributed by atoms with E-state index in [2.05, 4.69) is 11.0 Å². The van der Waals surface area contributed by atoms with Crippen LogP contribution in [-0.4, -0.2) is 36.9 Å². The number of carbonyl (C=O) groups is 2. The van der Waals surface area contributed by atoms with E-state index in [1.807, 2.05) is 33.0 Å². The fraction of sp³-hybridized carbons (Fsp3) is 0.400. The summed E-state index contributed by atoms with van der Waals surface area (Å²) in [4.78, 5) is 28.0. The van der Waals surface area contributed by atoms with Crippen LogP contribution in [0.3, 0.4) is 0 Å². The normalized spacial score (nSPS) is 15.0. The standard InChI is InChI=1S/C20H27N3O2/c1-5-8-17-15(3)19(24)23(20(17)25)12-7-6-11-22(4)16-9-10-18(21)14(2)13-16/h5,8-10,13H,6-7,11-12,21H2,1-4H3/b8-5-. The maximum atomic E-state index is 12.3. The van der Waals surface area contributed by atoms with Gasteiger partial charge in [-0.05, 0) is 57.4 Å². The Bertz CT molecular complexity index is 734. The van der Waals surface area contributed by atoms with E-state index in [4.69, 9.17) is 5.73 Å². The number of imide groups is 1. The summed E-state index contributed by atoms with van der Waals surface area (Å²) in [5, 5.41) is 0. The number of rotatable bonds is 7. The number of hydrogen-bond donors (Lipinski definition) is 1. The molecule has 1 aromatic carbocycles. The maximum Gasteiger partial charge on any atom is 0.261 e. The van der Waals surface area contributed by atoms with Crippen molar-refractivity contribution in [2.75, 3.05) is 30.8 Å². The molecule has 1 heterocycles. The average molecular weight is 341 g/mol. The Kier molecular flexibility index (Phi) is 6.02. The van der Waals surface area contributed by atoms with Gasteiger partial charge >= 0.3 is 0 Å². The summed E-state index contributed by atoms with van der Waals surface area (Å²) in [5.74, 6) is -0.344. The van der Waals surface area contributed by atoms with Crippen LogP contribution in [0.25, 0.3) is 0 Å². The van der Waals surface area contributed by atoms with Crippen molar-refractivity contribution >= 4 is 23.2 Å². The van der Waals surface area contributed by atoms with Gasteiger partial charge in [-0.15, -0.1) is 0 Å². The van der Waals surface area contributed by atoms with Crippen molar-refractivity contribution in [1.29, 1.82) is 0 Å². The van der Waals surface area contributed by atoms with Crippen LogP contribution in [0.5, 0.6) is 0 Å². The predicted molar refractivity (Wildman–Crippen MR) is 102 cm³/mol. The lowest BCUT2D eigenvalue weighted by atomic mass is 10.1. The van der Waals surface area contributed by atoms with Crippen LogP contribution in [-0.2, 0) is 9.59 Å². The molecular weight excluding hydrogens is 314 g/mol. The average Bonchev–Trinajstić information content (AvgIpc) is 2.78. The molecule has 134 valence electrons. The van der Waals surface area contributed by atoms with Gasteiger partial charge < -0.3 is 10.6 Å². The van der Waals surface area contributed by atoms with E-state index in [9.17, 15) is 9.59 Å². The molecule has 2 amide bonds. The molecule has 2 rings (SSSR count). The molecule has 5 nitrogen and oxygen atoms in total. The van der Waals surface area contributed by atoms with E-state index in [-0.39, 0.29) is 11.8 Å². The second kappa shape index (κ2) is 8.01. The molecule has 0 atom stereocenters. The van der Waals surface area contributed by atoms with Gasteiger partial charge in [-0.2, -0.15) is 0 Å². The Labute approximate surface area is 149 Å². The Balaban J connectivity index is 1.84. The highest BCUT2D eigenvalue weighted by Crippen LogP contribution is 2.22. The minimum Gasteiger partial charge on any atom is -0.399 e. The predicted octanol–water partition coefficient (Wildman–Crippen LogP) is 3.06. The third kappa shape index (κ3) is 4.10. The molecule has 2 N–H and O–H groups in total. The number of nitrogens with zero attached hydrogens (tertiary/aromatic N) is 2. The molecule has 0 fully saturated rings. The number of aryl methyl sites for hydroxylation is 1. The van der Waals surface area contributed by atoms with Gasteiger partial charge in [0.25, 0.3) is 11.8 Å². The number of hydrogen-bond acceptors (Lipinski definition) is 4. The van der Waals surface area contributed by atoms with Crippen LogP contribution in [0.2, 0.25) is 0 Å². The highest BCUT2D eigenvalue weighted by atomic mass is 16.2. The van der Waals surface area contributed by atoms with Gasteiger partial charge in [-0.25, -0.2) is 0 Å². The fourth-order valence-electron chi connectivity index (χ4n) is 2.93. The van der Waals surface area contributed by atoms with Crippen molar-refractivity contribution in [3.63, 3.8) is 0 Å². The first-order valence-corrected chi connectivity index (χ1v) is 8.63. The number of anilines is 2. The number of unbranched alkanes of at least 4 members (excludes halogenated alkanes) is 1. The third-order valence-corrected chi connectivity index (χ3v) is 4.60. The summed E-state index contributed by atoms with van der Waals surface area (Å²) in [6, 6.07) is 5.99. The highest BCUT2D eigenvalue weighted by molar-refractivity contribution is 6.20. The smallest absolute Gasteiger partial charge is 0.261 e. The van der Waals surface area contributed by atoms with Gasteiger partial charge in [0, 0.05) is 42.7 Å². The fourth-order valence-corrected chi connectivity index (χ4v) is 2.93. The molecule has 0 saturated heterocycles. The summed E-state index contributed by atoms with van der Waals surface area (Å²) in [5.41, 5.74) is 9.89. The molecule has 0 spiro atoms. The van der Waals surface area contributed by atoms with Crippen molar-refractivity contribution in [1.82, 2.24) is 4.90 Å². The Morgan fingerprint density at radius 2 is 1.88 bits per heavy atom. The maximum absolute atomic E-state index is 12.3. The Hall–Kier alpha value is -2.56. The van der Waals surface area contributed by atoms with E-state index < -0.39 is 0 Å². The van der Waals surface area contributed by atoms with Crippen molar-refractivity contribution in [2.24, 2.45) is 0 Å². The van der Waals surface area contributed by atoms with Gasteiger partial charge in [0.15, 0.2) is 0 Å². The summed E-state index contributed by atoms with van der Waals surface area (Å²) in [6.07, 6.45) is 5.19. The summed E-state index contributed by atoms with van der Waals surface area (Å²) >= 11 is 0. The zero-order valence-electron chi connectivity index (χ0n) is 15.5. The minimum atomic E-state index is -0.178. The second-order valence-electron chi connectivity index (χ2n) is 6.47. The van der Waals surface area contributed by atoms with Gasteiger partial charge in [-0.3, -0.25) is 14.5 Å². The summed E-state index contributed by atoms with van der Waals surface area (Å²) < 4.78 is 0. The number of carbonyl (C=O) groups excluding carboxylic acids is 2. The summed E-state index contributed by atoms with van der Waals surface area (Å²) in [7, 11) is 2.03. The van der Waals surface area contributed by atoms with Crippen molar-refractivity contribution < 1.29 is 9.59 Å². The van der Waals surface area contributed by atoms with Crippen molar-refractivity contribution in [3.05, 3.63) is 47.1 Å². The van der Waals surface area contributed by atoms with E-state index in [0.717, 1.165) is 36.3 Å². The molecule has 0 unspecified atom stereocenters. The number of allylic oxidation sites excluding steroid dienone is 1. The molecule has 1 aliphatic heterocycles. The first-order chi connectivity index (χ1) is 11.9. The van der Waals surface area contributed by atoms with Crippen LogP contribution in [0.15, 0.2) is 41.5 Å². The zero-order valence-corrected chi connectivity index (χ0v) is 15.5. The lowest BCUT2D eigenvalue weighted by Gasteiger charge is -2.21. The van der Waals surface area contributed by atoms with Crippen molar-refractivity contribution in [2.45, 2.75) is 33.6 Å². The molecule has 0 bridgehead atoms. The molecule has 0 radical (unpaired) electrons. The number of benzene rings is 1. The lowest BCUT2D eigenvalue weighted by Crippen LogP contribution is -2.33. The summed E-state index contributed by atoms with van der Waals surface area (Å²) in [6.45, 7) is 6.87. The minimum absolute atomic E-state index is 0.166. The molecule has 0 aromatic heterocycles. The van der Waals surface area contributed by atoms with Crippen LogP contribution in [0.4, 0.5) is 11.4 Å². The molecule has 0 aliphatic carbocycles. The topological polar surface area (TPSA) is 66.6 Å². The molecule has 25 heavy (non-hydrogen) atoms. The van der Waals surface area contributed by atoms with E-state index in [1.54, 1.807) is 19.1 Å². The number of amides is 2. The van der Waals surface area contributed by atoms with Gasteiger partial charge in [0.1, 0.15) is 0 Å². The first-order valence-electron chi connectivity index (χ1n) is 8.63. The third-order valence-electron chi connectivity index (χ3n) is 4.60. The van der Waals surface area contributed by atoms with Gasteiger partial charge in [0.2, 0.25) is 0 Å². The molecule has 5 heteroatoms. The second-order valence-corrected chi connectivity index (χ2v) is 6.47. The number of nitrogens with two attached hydrogens (primary N) is 1. The Morgan fingerprint density at radius 1 is 1.16 bits per heavy atom. The largest absolute Gasteiger partial charge is 0.399 e. The van der Waals surface area contributed by atoms with Crippen LogP contribution in [0, 0.1) is 6.92 Å². The van der Waals surface area contributed by atoms with Crippen LogP contribution < -0.4 is 10.6 Å². The van der Waals surface area contributed by atoms with Crippen molar-refractivity contribution in [3.8, 4) is 0 Å². The van der Waals surface area contributed by atoms with E-state index in [1.165, 1.54) is 4.90 Å². The monoisotopic (exact) mass is 341 g/mol. The molecule has 1 aromatic rings. The Morgan fingerprint density at radius 3 is 2.52 bits per heavy atom. The highest BCUT2D eigenvalue weighted by Gasteiger charge is 2.33. The molecule has 1 aliphatic rings. The lowest BCUT2D eigenvalue weighted by molar-refractivity contribution is -0.137. The first kappa shape index (κ1) is 18.8. The van der Waals surface area contributed by atoms with Gasteiger partial charge in [-0.1, -0.05) is 12.2 Å². The zero-order chi connectivity index (χ0) is 18.6. The van der Waals surface area contributed by atoms with E-state index in [0.29, 0.717) is 17.7 Å². The molecule has 0 saturated carbocycles. The molecular formula is C20H27N3O2. The van der Waals surface area contributed by atoms with Crippen LogP contribution in [0.1, 0.15) is 32.3 Å². The SMILES string of the molecule is C/C=C\C1=C(C)C(=O)N(CCCCN(C)c2ccc(N)c(C)c2)C1=O. The van der Waals surface area contributed by atoms with E-state index >= 15 is 0 Å². The van der Waals surface area contributed by atoms with Gasteiger partial charge in [0.05, 0.1) is 0 Å².